The Morgan fingerprint density at radius 3 is 2.80 bits per heavy atom. The molecule has 1 fully saturated rings. The number of nitrogens with one attached hydrogen (secondary N) is 1. The van der Waals surface area contributed by atoms with Gasteiger partial charge in [0.25, 0.3) is 5.91 Å². The van der Waals surface area contributed by atoms with Crippen LogP contribution in [0.1, 0.15) is 47.8 Å². The van der Waals surface area contributed by atoms with Gasteiger partial charge in [-0.25, -0.2) is 4.79 Å². The zero-order valence-electron chi connectivity index (χ0n) is 11.5. The third-order valence-electron chi connectivity index (χ3n) is 4.10. The SMILES string of the molecule is CCC1(CNC(=O)c2sccc2/C=C/C(=O)O)CCC1. The van der Waals surface area contributed by atoms with Gasteiger partial charge in [-0.15, -0.1) is 11.3 Å². The molecule has 1 aromatic heterocycles. The summed E-state index contributed by atoms with van der Waals surface area (Å²) in [7, 11) is 0. The molecule has 0 spiro atoms. The number of hydrogen-bond acceptors (Lipinski definition) is 3. The van der Waals surface area contributed by atoms with Gasteiger partial charge in [0.15, 0.2) is 0 Å². The second-order valence-corrected chi connectivity index (χ2v) is 6.18. The minimum atomic E-state index is -1.01. The smallest absolute Gasteiger partial charge is 0.328 e. The maximum absolute atomic E-state index is 12.2. The lowest BCUT2D eigenvalue weighted by atomic mass is 9.67. The Kier molecular flexibility index (Phi) is 4.60. The van der Waals surface area contributed by atoms with Crippen LogP contribution >= 0.6 is 11.3 Å². The van der Waals surface area contributed by atoms with Crippen molar-refractivity contribution in [2.24, 2.45) is 5.41 Å². The Morgan fingerprint density at radius 2 is 2.25 bits per heavy atom. The summed E-state index contributed by atoms with van der Waals surface area (Å²) >= 11 is 1.34. The summed E-state index contributed by atoms with van der Waals surface area (Å²) in [5.41, 5.74) is 0.943. The van der Waals surface area contributed by atoms with Crippen LogP contribution in [0.15, 0.2) is 17.5 Å². The van der Waals surface area contributed by atoms with E-state index in [4.69, 9.17) is 5.11 Å². The van der Waals surface area contributed by atoms with E-state index in [0.717, 1.165) is 12.5 Å². The summed E-state index contributed by atoms with van der Waals surface area (Å²) in [6.07, 6.45) is 7.21. The molecule has 0 aliphatic heterocycles. The summed E-state index contributed by atoms with van der Waals surface area (Å²) in [4.78, 5) is 23.3. The highest BCUT2D eigenvalue weighted by Crippen LogP contribution is 2.43. The lowest BCUT2D eigenvalue weighted by molar-refractivity contribution is -0.131. The van der Waals surface area contributed by atoms with Crippen molar-refractivity contribution in [3.8, 4) is 0 Å². The first-order valence-corrected chi connectivity index (χ1v) is 7.71. The Labute approximate surface area is 122 Å². The monoisotopic (exact) mass is 293 g/mol. The second-order valence-electron chi connectivity index (χ2n) is 5.27. The molecule has 5 heteroatoms. The first kappa shape index (κ1) is 14.8. The van der Waals surface area contributed by atoms with Crippen LogP contribution in [-0.2, 0) is 4.79 Å². The van der Waals surface area contributed by atoms with Crippen LogP contribution < -0.4 is 5.32 Å². The highest BCUT2D eigenvalue weighted by Gasteiger charge is 2.35. The summed E-state index contributed by atoms with van der Waals surface area (Å²) in [5, 5.41) is 13.4. The molecule has 0 radical (unpaired) electrons. The average Bonchev–Trinajstić information content (AvgIpc) is 2.83. The van der Waals surface area contributed by atoms with E-state index in [1.54, 1.807) is 11.4 Å². The molecular weight excluding hydrogens is 274 g/mol. The number of aliphatic carboxylic acids is 1. The molecule has 0 atom stereocenters. The summed E-state index contributed by atoms with van der Waals surface area (Å²) in [6.45, 7) is 2.87. The molecule has 0 bridgehead atoms. The van der Waals surface area contributed by atoms with E-state index >= 15 is 0 Å². The number of carboxylic acid groups (broad SMARTS) is 1. The maximum Gasteiger partial charge on any atom is 0.328 e. The van der Waals surface area contributed by atoms with Crippen LogP contribution in [0, 0.1) is 5.41 Å². The van der Waals surface area contributed by atoms with Crippen LogP contribution in [0.25, 0.3) is 6.08 Å². The zero-order valence-corrected chi connectivity index (χ0v) is 12.3. The van der Waals surface area contributed by atoms with Gasteiger partial charge in [0.1, 0.15) is 0 Å². The van der Waals surface area contributed by atoms with Gasteiger partial charge in [0, 0.05) is 12.6 Å². The summed E-state index contributed by atoms with van der Waals surface area (Å²) in [5.74, 6) is -1.12. The lowest BCUT2D eigenvalue weighted by Crippen LogP contribution is -2.41. The van der Waals surface area contributed by atoms with Gasteiger partial charge < -0.3 is 10.4 Å². The Morgan fingerprint density at radius 1 is 1.50 bits per heavy atom. The number of carbonyl (C=O) groups excluding carboxylic acids is 1. The molecule has 20 heavy (non-hydrogen) atoms. The molecule has 108 valence electrons. The van der Waals surface area contributed by atoms with Crippen molar-refractivity contribution in [2.45, 2.75) is 32.6 Å². The van der Waals surface area contributed by atoms with E-state index in [1.807, 2.05) is 0 Å². The quantitative estimate of drug-likeness (QED) is 0.792. The van der Waals surface area contributed by atoms with Crippen LogP contribution in [0.3, 0.4) is 0 Å². The third-order valence-corrected chi connectivity index (χ3v) is 5.02. The standard InChI is InChI=1S/C15H19NO3S/c1-2-15(7-3-8-15)10-16-14(19)13-11(6-9-20-13)4-5-12(17)18/h4-6,9H,2-3,7-8,10H2,1H3,(H,16,19)(H,17,18)/b5-4+. The zero-order chi connectivity index (χ0) is 14.6. The van der Waals surface area contributed by atoms with Crippen LogP contribution in [0.5, 0.6) is 0 Å². The van der Waals surface area contributed by atoms with Crippen molar-refractivity contribution >= 4 is 29.3 Å². The Bertz CT molecular complexity index is 523. The molecule has 1 aliphatic rings. The van der Waals surface area contributed by atoms with Crippen LogP contribution in [0.4, 0.5) is 0 Å². The Hall–Kier alpha value is -1.62. The molecule has 2 N–H and O–H groups in total. The number of carbonyl (C=O) groups is 2. The molecular formula is C15H19NO3S. The third kappa shape index (κ3) is 3.28. The number of rotatable bonds is 6. The lowest BCUT2D eigenvalue weighted by Gasteiger charge is -2.41. The normalized spacial score (nSPS) is 16.9. The fourth-order valence-electron chi connectivity index (χ4n) is 2.48. The topological polar surface area (TPSA) is 66.4 Å². The largest absolute Gasteiger partial charge is 0.478 e. The molecule has 1 aromatic rings. The minimum absolute atomic E-state index is 0.107. The van der Waals surface area contributed by atoms with Crippen molar-refractivity contribution in [2.75, 3.05) is 6.54 Å². The van der Waals surface area contributed by atoms with Gasteiger partial charge >= 0.3 is 5.97 Å². The van der Waals surface area contributed by atoms with Gasteiger partial charge in [0.2, 0.25) is 0 Å². The van der Waals surface area contributed by atoms with Gasteiger partial charge in [-0.2, -0.15) is 0 Å². The second kappa shape index (κ2) is 6.22. The van der Waals surface area contributed by atoms with Crippen molar-refractivity contribution in [1.82, 2.24) is 5.32 Å². The first-order valence-electron chi connectivity index (χ1n) is 6.83. The molecule has 0 saturated heterocycles. The molecule has 1 amide bonds. The number of carboxylic acids is 1. The van der Waals surface area contributed by atoms with E-state index in [2.05, 4.69) is 12.2 Å². The molecule has 1 aliphatic carbocycles. The molecule has 0 aromatic carbocycles. The van der Waals surface area contributed by atoms with Crippen molar-refractivity contribution in [3.05, 3.63) is 28.0 Å². The van der Waals surface area contributed by atoms with Crippen LogP contribution in [-0.4, -0.2) is 23.5 Å². The number of amides is 1. The van der Waals surface area contributed by atoms with E-state index in [1.165, 1.54) is 36.7 Å². The highest BCUT2D eigenvalue weighted by atomic mass is 32.1. The summed E-state index contributed by atoms with van der Waals surface area (Å²) < 4.78 is 0. The van der Waals surface area contributed by atoms with Gasteiger partial charge in [-0.05, 0) is 47.8 Å². The minimum Gasteiger partial charge on any atom is -0.478 e. The predicted octanol–water partition coefficient (Wildman–Crippen LogP) is 3.16. The predicted molar refractivity (Wildman–Crippen MR) is 79.9 cm³/mol. The Balaban J connectivity index is 1.99. The molecule has 4 nitrogen and oxygen atoms in total. The van der Waals surface area contributed by atoms with E-state index in [9.17, 15) is 9.59 Å². The van der Waals surface area contributed by atoms with Crippen LogP contribution in [0.2, 0.25) is 0 Å². The number of thiophene rings is 1. The average molecular weight is 293 g/mol. The first-order chi connectivity index (χ1) is 9.56. The molecule has 0 unspecified atom stereocenters. The van der Waals surface area contributed by atoms with E-state index in [-0.39, 0.29) is 11.3 Å². The van der Waals surface area contributed by atoms with Crippen molar-refractivity contribution in [1.29, 1.82) is 0 Å². The molecule has 1 heterocycles. The van der Waals surface area contributed by atoms with Crippen molar-refractivity contribution in [3.63, 3.8) is 0 Å². The van der Waals surface area contributed by atoms with Gasteiger partial charge in [-0.3, -0.25) is 4.79 Å². The van der Waals surface area contributed by atoms with E-state index < -0.39 is 5.97 Å². The van der Waals surface area contributed by atoms with Crippen molar-refractivity contribution < 1.29 is 14.7 Å². The highest BCUT2D eigenvalue weighted by molar-refractivity contribution is 7.12. The van der Waals surface area contributed by atoms with Gasteiger partial charge in [-0.1, -0.05) is 13.3 Å². The fourth-order valence-corrected chi connectivity index (χ4v) is 3.28. The molecule has 1 saturated carbocycles. The fraction of sp³-hybridized carbons (Fsp3) is 0.467. The van der Waals surface area contributed by atoms with Gasteiger partial charge in [0.05, 0.1) is 4.88 Å². The molecule has 2 rings (SSSR count). The number of hydrogen-bond donors (Lipinski definition) is 2. The maximum atomic E-state index is 12.2. The summed E-state index contributed by atoms with van der Waals surface area (Å²) in [6, 6.07) is 1.76. The van der Waals surface area contributed by atoms with E-state index in [0.29, 0.717) is 17.0 Å².